The van der Waals surface area contributed by atoms with Gasteiger partial charge in [0, 0.05) is 12.8 Å². The lowest BCUT2D eigenvalue weighted by Gasteiger charge is -2.10. The zero-order valence-corrected chi connectivity index (χ0v) is 11.0. The van der Waals surface area contributed by atoms with Crippen molar-refractivity contribution in [3.8, 4) is 6.07 Å². The Labute approximate surface area is 106 Å². The van der Waals surface area contributed by atoms with Crippen LogP contribution in [0.1, 0.15) is 18.1 Å². The fourth-order valence-electron chi connectivity index (χ4n) is 1.22. The van der Waals surface area contributed by atoms with Crippen LogP contribution in [0.25, 0.3) is 0 Å². The molecule has 5 nitrogen and oxygen atoms in total. The molecule has 18 heavy (non-hydrogen) atoms. The molecule has 1 N–H and O–H groups in total. The van der Waals surface area contributed by atoms with E-state index in [4.69, 9.17) is 5.26 Å². The Kier molecular flexibility index (Phi) is 4.45. The lowest BCUT2D eigenvalue weighted by atomic mass is 10.1. The van der Waals surface area contributed by atoms with Crippen molar-refractivity contribution in [3.63, 3.8) is 0 Å². The third kappa shape index (κ3) is 3.86. The van der Waals surface area contributed by atoms with Gasteiger partial charge in [-0.25, -0.2) is 8.42 Å². The standard InChI is InChI=1S/C12H14N2O3S/c1-9(18(2,16)17)12(15)14-8-11-5-3-10(7-13)4-6-11/h3-6,9H,8H2,1-2H3,(H,14,15). The van der Waals surface area contributed by atoms with Crippen LogP contribution < -0.4 is 5.32 Å². The Bertz CT molecular complexity index is 570. The number of hydrogen-bond acceptors (Lipinski definition) is 4. The molecule has 0 aliphatic carbocycles. The fraction of sp³-hybridized carbons (Fsp3) is 0.333. The van der Waals surface area contributed by atoms with Crippen LogP contribution in [0.15, 0.2) is 24.3 Å². The number of rotatable bonds is 4. The largest absolute Gasteiger partial charge is 0.351 e. The zero-order chi connectivity index (χ0) is 13.8. The quantitative estimate of drug-likeness (QED) is 0.864. The summed E-state index contributed by atoms with van der Waals surface area (Å²) in [6.07, 6.45) is 1.03. The van der Waals surface area contributed by atoms with E-state index in [1.54, 1.807) is 24.3 Å². The smallest absolute Gasteiger partial charge is 0.238 e. The summed E-state index contributed by atoms with van der Waals surface area (Å²) in [4.78, 5) is 11.5. The highest BCUT2D eigenvalue weighted by molar-refractivity contribution is 7.92. The highest BCUT2D eigenvalue weighted by atomic mass is 32.2. The molecule has 0 fully saturated rings. The fourth-order valence-corrected chi connectivity index (χ4v) is 1.70. The summed E-state index contributed by atoms with van der Waals surface area (Å²) in [5, 5.41) is 10.1. The highest BCUT2D eigenvalue weighted by Gasteiger charge is 2.22. The highest BCUT2D eigenvalue weighted by Crippen LogP contribution is 2.04. The molecule has 0 aliphatic heterocycles. The number of benzene rings is 1. The van der Waals surface area contributed by atoms with Gasteiger partial charge in [-0.05, 0) is 24.6 Å². The molecule has 96 valence electrons. The second kappa shape index (κ2) is 5.65. The molecule has 0 radical (unpaired) electrons. The molecule has 1 rings (SSSR count). The summed E-state index contributed by atoms with van der Waals surface area (Å²) < 4.78 is 22.3. The molecule has 1 atom stereocenters. The minimum Gasteiger partial charge on any atom is -0.351 e. The van der Waals surface area contributed by atoms with Crippen molar-refractivity contribution in [1.82, 2.24) is 5.32 Å². The van der Waals surface area contributed by atoms with Crippen LogP contribution in [0.4, 0.5) is 0 Å². The molecule has 0 aliphatic rings. The summed E-state index contributed by atoms with van der Waals surface area (Å²) in [5.41, 5.74) is 1.35. The van der Waals surface area contributed by atoms with Crippen molar-refractivity contribution in [1.29, 1.82) is 5.26 Å². The van der Waals surface area contributed by atoms with E-state index in [9.17, 15) is 13.2 Å². The first kappa shape index (κ1) is 14.2. The van der Waals surface area contributed by atoms with Crippen molar-refractivity contribution in [2.75, 3.05) is 6.26 Å². The molecular formula is C12H14N2O3S. The summed E-state index contributed by atoms with van der Waals surface area (Å²) in [7, 11) is -3.37. The first-order valence-electron chi connectivity index (χ1n) is 5.30. The number of amides is 1. The third-order valence-electron chi connectivity index (χ3n) is 2.56. The maximum absolute atomic E-state index is 11.5. The minimum absolute atomic E-state index is 0.240. The molecule has 1 unspecified atom stereocenters. The molecule has 0 saturated heterocycles. The molecule has 1 amide bonds. The van der Waals surface area contributed by atoms with Gasteiger partial charge in [-0.1, -0.05) is 12.1 Å². The van der Waals surface area contributed by atoms with Crippen molar-refractivity contribution < 1.29 is 13.2 Å². The van der Waals surface area contributed by atoms with E-state index in [0.717, 1.165) is 11.8 Å². The molecule has 0 heterocycles. The first-order chi connectivity index (χ1) is 8.34. The predicted octanol–water partition coefficient (Wildman–Crippen LogP) is 0.608. The van der Waals surface area contributed by atoms with E-state index in [1.807, 2.05) is 6.07 Å². The summed E-state index contributed by atoms with van der Waals surface area (Å²) in [6.45, 7) is 1.59. The monoisotopic (exact) mass is 266 g/mol. The van der Waals surface area contributed by atoms with Gasteiger partial charge >= 0.3 is 0 Å². The van der Waals surface area contributed by atoms with Gasteiger partial charge in [-0.2, -0.15) is 5.26 Å². The molecular weight excluding hydrogens is 252 g/mol. The summed E-state index contributed by atoms with van der Waals surface area (Å²) >= 11 is 0. The Hall–Kier alpha value is -1.87. The van der Waals surface area contributed by atoms with Gasteiger partial charge in [0.2, 0.25) is 5.91 Å². The van der Waals surface area contributed by atoms with Gasteiger partial charge in [-0.3, -0.25) is 4.79 Å². The molecule has 0 bridgehead atoms. The number of nitrogens with zero attached hydrogens (tertiary/aromatic N) is 1. The van der Waals surface area contributed by atoms with Crippen LogP contribution in [0.5, 0.6) is 0 Å². The van der Waals surface area contributed by atoms with E-state index in [0.29, 0.717) is 5.56 Å². The van der Waals surface area contributed by atoms with Crippen LogP contribution in [0.2, 0.25) is 0 Å². The Morgan fingerprint density at radius 3 is 2.39 bits per heavy atom. The van der Waals surface area contributed by atoms with E-state index < -0.39 is 21.0 Å². The second-order valence-corrected chi connectivity index (χ2v) is 6.36. The summed E-state index contributed by atoms with van der Waals surface area (Å²) in [5.74, 6) is -0.526. The number of sulfone groups is 1. The SMILES string of the molecule is CC(C(=O)NCc1ccc(C#N)cc1)S(C)(=O)=O. The Morgan fingerprint density at radius 2 is 1.94 bits per heavy atom. The van der Waals surface area contributed by atoms with Gasteiger partial charge in [0.25, 0.3) is 0 Å². The van der Waals surface area contributed by atoms with Gasteiger partial charge in [0.15, 0.2) is 9.84 Å². The van der Waals surface area contributed by atoms with Crippen LogP contribution in [-0.4, -0.2) is 25.8 Å². The Balaban J connectivity index is 2.60. The molecule has 0 aromatic heterocycles. The lowest BCUT2D eigenvalue weighted by molar-refractivity contribution is -0.120. The van der Waals surface area contributed by atoms with Crippen LogP contribution in [-0.2, 0) is 21.2 Å². The van der Waals surface area contributed by atoms with Crippen molar-refractivity contribution >= 4 is 15.7 Å². The minimum atomic E-state index is -3.37. The van der Waals surface area contributed by atoms with Gasteiger partial charge < -0.3 is 5.32 Å². The Morgan fingerprint density at radius 1 is 1.39 bits per heavy atom. The summed E-state index contributed by atoms with van der Waals surface area (Å²) in [6, 6.07) is 8.70. The molecule has 0 saturated carbocycles. The molecule has 0 spiro atoms. The maximum Gasteiger partial charge on any atom is 0.238 e. The average Bonchev–Trinajstić information content (AvgIpc) is 2.34. The zero-order valence-electron chi connectivity index (χ0n) is 10.2. The van der Waals surface area contributed by atoms with Crippen LogP contribution in [0, 0.1) is 11.3 Å². The van der Waals surface area contributed by atoms with Crippen LogP contribution in [0.3, 0.4) is 0 Å². The third-order valence-corrected chi connectivity index (χ3v) is 4.06. The molecule has 6 heteroatoms. The van der Waals surface area contributed by atoms with E-state index in [1.165, 1.54) is 6.92 Å². The van der Waals surface area contributed by atoms with Crippen molar-refractivity contribution in [2.24, 2.45) is 0 Å². The number of carbonyl (C=O) groups excluding carboxylic acids is 1. The van der Waals surface area contributed by atoms with Crippen molar-refractivity contribution in [2.45, 2.75) is 18.7 Å². The van der Waals surface area contributed by atoms with Crippen molar-refractivity contribution in [3.05, 3.63) is 35.4 Å². The van der Waals surface area contributed by atoms with Gasteiger partial charge in [-0.15, -0.1) is 0 Å². The maximum atomic E-state index is 11.5. The second-order valence-electron chi connectivity index (χ2n) is 4.00. The van der Waals surface area contributed by atoms with Gasteiger partial charge in [0.05, 0.1) is 11.6 Å². The van der Waals surface area contributed by atoms with E-state index >= 15 is 0 Å². The number of nitriles is 1. The number of nitrogens with one attached hydrogen (secondary N) is 1. The van der Waals surface area contributed by atoms with Crippen LogP contribution >= 0.6 is 0 Å². The van der Waals surface area contributed by atoms with E-state index in [-0.39, 0.29) is 6.54 Å². The number of hydrogen-bond donors (Lipinski definition) is 1. The molecule has 1 aromatic rings. The van der Waals surface area contributed by atoms with E-state index in [2.05, 4.69) is 5.32 Å². The van der Waals surface area contributed by atoms with Gasteiger partial charge in [0.1, 0.15) is 5.25 Å². The average molecular weight is 266 g/mol. The number of carbonyl (C=O) groups is 1. The topological polar surface area (TPSA) is 87.0 Å². The normalized spacial score (nSPS) is 12.5. The first-order valence-corrected chi connectivity index (χ1v) is 7.25. The lowest BCUT2D eigenvalue weighted by Crippen LogP contribution is -2.36. The molecule has 1 aromatic carbocycles. The predicted molar refractivity (Wildman–Crippen MR) is 67.3 cm³/mol.